The Kier molecular flexibility index (Phi) is 12.7. The molecular weight excluding hydrogens is 280 g/mol. The highest BCUT2D eigenvalue weighted by atomic mass is 35.5. The first kappa shape index (κ1) is 19.3. The van der Waals surface area contributed by atoms with Crippen LogP contribution in [0.1, 0.15) is 84.0 Å². The molecule has 1 fully saturated rings. The maximum absolute atomic E-state index is 5.88. The van der Waals surface area contributed by atoms with E-state index in [0.29, 0.717) is 0 Å². The van der Waals surface area contributed by atoms with E-state index in [-0.39, 0.29) is 0 Å². The van der Waals surface area contributed by atoms with E-state index in [1.807, 2.05) is 0 Å². The minimum Gasteiger partial charge on any atom is -0.242 e. The topological polar surface area (TPSA) is 6.48 Å². The zero-order valence-electron chi connectivity index (χ0n) is 14.3. The van der Waals surface area contributed by atoms with Crippen LogP contribution in [0.2, 0.25) is 0 Å². The van der Waals surface area contributed by atoms with Gasteiger partial charge in [-0.15, -0.1) is 11.6 Å². The summed E-state index contributed by atoms with van der Waals surface area (Å²) in [5.74, 6) is 0.793. The molecule has 3 heteroatoms. The predicted octanol–water partition coefficient (Wildman–Crippen LogP) is 5.46. The standard InChI is InChI=1S/C18H37ClN2/c1-2-3-4-5-6-7-8-10-15-21(18-13-14-19)20-16-11-9-12-17-20/h2-18H2,1H3. The summed E-state index contributed by atoms with van der Waals surface area (Å²) in [7, 11) is 0. The van der Waals surface area contributed by atoms with Crippen molar-refractivity contribution in [3.05, 3.63) is 0 Å². The lowest BCUT2D eigenvalue weighted by molar-refractivity contribution is -0.0403. The molecule has 0 saturated carbocycles. The molecule has 0 aromatic heterocycles. The first-order valence-corrected chi connectivity index (χ1v) is 9.97. The van der Waals surface area contributed by atoms with E-state index in [1.165, 1.54) is 90.3 Å². The van der Waals surface area contributed by atoms with Crippen molar-refractivity contribution in [2.75, 3.05) is 32.1 Å². The van der Waals surface area contributed by atoms with Gasteiger partial charge in [-0.3, -0.25) is 0 Å². The van der Waals surface area contributed by atoms with Gasteiger partial charge in [0.05, 0.1) is 0 Å². The van der Waals surface area contributed by atoms with E-state index >= 15 is 0 Å². The summed E-state index contributed by atoms with van der Waals surface area (Å²) in [6.45, 7) is 7.21. The number of halogens is 1. The lowest BCUT2D eigenvalue weighted by Gasteiger charge is -2.37. The van der Waals surface area contributed by atoms with Crippen molar-refractivity contribution in [3.8, 4) is 0 Å². The summed E-state index contributed by atoms with van der Waals surface area (Å²) < 4.78 is 0. The van der Waals surface area contributed by atoms with Crippen LogP contribution in [0.4, 0.5) is 0 Å². The average molecular weight is 317 g/mol. The number of piperidine rings is 1. The largest absolute Gasteiger partial charge is 0.242 e. The highest BCUT2D eigenvalue weighted by Gasteiger charge is 2.17. The Balaban J connectivity index is 2.08. The quantitative estimate of drug-likeness (QED) is 0.329. The number of unbranched alkanes of at least 4 members (excludes halogenated alkanes) is 7. The van der Waals surface area contributed by atoms with Crippen LogP contribution in [-0.2, 0) is 0 Å². The van der Waals surface area contributed by atoms with Crippen molar-refractivity contribution in [1.29, 1.82) is 0 Å². The SMILES string of the molecule is CCCCCCCCCCN(CCCCl)N1CCCCC1. The van der Waals surface area contributed by atoms with Crippen molar-refractivity contribution < 1.29 is 0 Å². The maximum atomic E-state index is 5.88. The second kappa shape index (κ2) is 13.8. The number of rotatable bonds is 13. The molecule has 1 aliphatic heterocycles. The van der Waals surface area contributed by atoms with Gasteiger partial charge in [0, 0.05) is 32.1 Å². The van der Waals surface area contributed by atoms with Crippen LogP contribution in [0.3, 0.4) is 0 Å². The van der Waals surface area contributed by atoms with Gasteiger partial charge in [-0.05, 0) is 25.7 Å². The Morgan fingerprint density at radius 2 is 1.33 bits per heavy atom. The first-order chi connectivity index (χ1) is 10.4. The third-order valence-electron chi connectivity index (χ3n) is 4.55. The minimum absolute atomic E-state index is 0.793. The number of hydrogen-bond acceptors (Lipinski definition) is 2. The van der Waals surface area contributed by atoms with E-state index in [4.69, 9.17) is 11.6 Å². The van der Waals surface area contributed by atoms with E-state index in [9.17, 15) is 0 Å². The van der Waals surface area contributed by atoms with Crippen LogP contribution in [-0.4, -0.2) is 42.1 Å². The van der Waals surface area contributed by atoms with Crippen molar-refractivity contribution in [3.63, 3.8) is 0 Å². The van der Waals surface area contributed by atoms with Crippen molar-refractivity contribution in [2.24, 2.45) is 0 Å². The highest BCUT2D eigenvalue weighted by Crippen LogP contribution is 2.14. The summed E-state index contributed by atoms with van der Waals surface area (Å²) in [6.07, 6.45) is 16.5. The Morgan fingerprint density at radius 1 is 0.762 bits per heavy atom. The van der Waals surface area contributed by atoms with Gasteiger partial charge in [0.1, 0.15) is 0 Å². The Labute approximate surface area is 138 Å². The fraction of sp³-hybridized carbons (Fsp3) is 1.00. The molecule has 0 aromatic carbocycles. The van der Waals surface area contributed by atoms with Crippen LogP contribution in [0.25, 0.3) is 0 Å². The van der Waals surface area contributed by atoms with Crippen molar-refractivity contribution >= 4 is 11.6 Å². The molecule has 126 valence electrons. The van der Waals surface area contributed by atoms with Gasteiger partial charge in [0.25, 0.3) is 0 Å². The molecule has 2 nitrogen and oxygen atoms in total. The van der Waals surface area contributed by atoms with E-state index in [0.717, 1.165) is 18.8 Å². The normalized spacial score (nSPS) is 16.7. The second-order valence-electron chi connectivity index (χ2n) is 6.49. The molecule has 0 unspecified atom stereocenters. The average Bonchev–Trinajstić information content (AvgIpc) is 2.53. The number of nitrogens with zero attached hydrogens (tertiary/aromatic N) is 2. The van der Waals surface area contributed by atoms with Crippen molar-refractivity contribution in [2.45, 2.75) is 84.0 Å². The molecule has 0 amide bonds. The molecule has 21 heavy (non-hydrogen) atoms. The van der Waals surface area contributed by atoms with Gasteiger partial charge in [0.2, 0.25) is 0 Å². The summed E-state index contributed by atoms with van der Waals surface area (Å²) >= 11 is 5.88. The molecule has 0 atom stereocenters. The smallest absolute Gasteiger partial charge is 0.0236 e. The maximum Gasteiger partial charge on any atom is 0.0236 e. The first-order valence-electron chi connectivity index (χ1n) is 9.44. The molecule has 1 rings (SSSR count). The van der Waals surface area contributed by atoms with Crippen molar-refractivity contribution in [1.82, 2.24) is 10.0 Å². The molecule has 1 saturated heterocycles. The van der Waals surface area contributed by atoms with Gasteiger partial charge in [0.15, 0.2) is 0 Å². The van der Waals surface area contributed by atoms with E-state index in [2.05, 4.69) is 16.9 Å². The second-order valence-corrected chi connectivity index (χ2v) is 6.86. The van der Waals surface area contributed by atoms with Crippen LogP contribution in [0, 0.1) is 0 Å². The molecule has 1 aliphatic rings. The molecule has 0 spiro atoms. The van der Waals surface area contributed by atoms with Gasteiger partial charge >= 0.3 is 0 Å². The third kappa shape index (κ3) is 9.76. The third-order valence-corrected chi connectivity index (χ3v) is 4.82. The fourth-order valence-corrected chi connectivity index (χ4v) is 3.34. The van der Waals surface area contributed by atoms with E-state index < -0.39 is 0 Å². The van der Waals surface area contributed by atoms with E-state index in [1.54, 1.807) is 0 Å². The molecule has 0 N–H and O–H groups in total. The van der Waals surface area contributed by atoms with Gasteiger partial charge in [-0.25, -0.2) is 10.0 Å². The lowest BCUT2D eigenvalue weighted by atomic mass is 10.1. The monoisotopic (exact) mass is 316 g/mol. The molecule has 0 aliphatic carbocycles. The van der Waals surface area contributed by atoms with Crippen LogP contribution >= 0.6 is 11.6 Å². The summed E-state index contributed by atoms with van der Waals surface area (Å²) in [4.78, 5) is 0. The Hall–Kier alpha value is 0.210. The molecular formula is C18H37ClN2. The zero-order valence-corrected chi connectivity index (χ0v) is 15.0. The van der Waals surface area contributed by atoms with Gasteiger partial charge < -0.3 is 0 Å². The number of alkyl halides is 1. The predicted molar refractivity (Wildman–Crippen MR) is 94.9 cm³/mol. The van der Waals surface area contributed by atoms with Gasteiger partial charge in [-0.1, -0.05) is 58.3 Å². The zero-order chi connectivity index (χ0) is 15.2. The van der Waals surface area contributed by atoms with Crippen LogP contribution in [0.5, 0.6) is 0 Å². The minimum atomic E-state index is 0.793. The number of hydrogen-bond donors (Lipinski definition) is 0. The molecule has 0 radical (unpaired) electrons. The number of hydrazine groups is 1. The summed E-state index contributed by atoms with van der Waals surface area (Å²) in [5, 5.41) is 5.19. The van der Waals surface area contributed by atoms with Crippen LogP contribution < -0.4 is 0 Å². The highest BCUT2D eigenvalue weighted by molar-refractivity contribution is 6.17. The van der Waals surface area contributed by atoms with Gasteiger partial charge in [-0.2, -0.15) is 0 Å². The Bertz CT molecular complexity index is 217. The Morgan fingerprint density at radius 3 is 1.95 bits per heavy atom. The lowest BCUT2D eigenvalue weighted by Crippen LogP contribution is -2.46. The summed E-state index contributed by atoms with van der Waals surface area (Å²) in [6, 6.07) is 0. The molecule has 0 bridgehead atoms. The fourth-order valence-electron chi connectivity index (χ4n) is 3.23. The molecule has 1 heterocycles. The summed E-state index contributed by atoms with van der Waals surface area (Å²) in [5.41, 5.74) is 0. The van der Waals surface area contributed by atoms with Crippen LogP contribution in [0.15, 0.2) is 0 Å². The molecule has 0 aromatic rings.